The topological polar surface area (TPSA) is 50.8 Å². The van der Waals surface area contributed by atoms with Crippen LogP contribution in [0.25, 0.3) is 11.2 Å². The molecule has 0 spiro atoms. The third kappa shape index (κ3) is 2.63. The minimum Gasteiger partial charge on any atom is -0.481 e. The molecule has 0 fully saturated rings. The number of nitrogens with one attached hydrogen (secondary N) is 1. The van der Waals surface area contributed by atoms with Crippen LogP contribution in [0.3, 0.4) is 0 Å². The van der Waals surface area contributed by atoms with Crippen molar-refractivity contribution in [2.24, 2.45) is 0 Å². The monoisotopic (exact) mass is 247 g/mol. The summed E-state index contributed by atoms with van der Waals surface area (Å²) in [5, 5.41) is 0. The highest BCUT2D eigenvalue weighted by atomic mass is 16.5. The average molecular weight is 247 g/mol. The van der Waals surface area contributed by atoms with Crippen LogP contribution in [0.1, 0.15) is 51.3 Å². The SMILES string of the molecule is CCCCC(CC)c1nc2nc(OC)ccc2[nH]1. The molecule has 0 radical (unpaired) electrons. The summed E-state index contributed by atoms with van der Waals surface area (Å²) in [7, 11) is 1.62. The first-order valence-electron chi connectivity index (χ1n) is 6.69. The van der Waals surface area contributed by atoms with E-state index >= 15 is 0 Å². The van der Waals surface area contributed by atoms with E-state index in [0.717, 1.165) is 23.4 Å². The van der Waals surface area contributed by atoms with E-state index in [1.807, 2.05) is 12.1 Å². The summed E-state index contributed by atoms with van der Waals surface area (Å²) in [6.07, 6.45) is 4.76. The Kier molecular flexibility index (Phi) is 4.18. The molecule has 2 aromatic rings. The second-order valence-corrected chi connectivity index (χ2v) is 4.59. The molecule has 0 aliphatic carbocycles. The molecule has 1 atom stereocenters. The van der Waals surface area contributed by atoms with E-state index in [1.54, 1.807) is 7.11 Å². The van der Waals surface area contributed by atoms with E-state index in [4.69, 9.17) is 4.74 Å². The predicted octanol–water partition coefficient (Wildman–Crippen LogP) is 3.65. The second-order valence-electron chi connectivity index (χ2n) is 4.59. The number of H-pyrrole nitrogens is 1. The number of aromatic amines is 1. The van der Waals surface area contributed by atoms with Crippen LogP contribution in [0.15, 0.2) is 12.1 Å². The number of hydrogen-bond acceptors (Lipinski definition) is 3. The Hall–Kier alpha value is -1.58. The molecule has 0 aromatic carbocycles. The molecule has 0 amide bonds. The van der Waals surface area contributed by atoms with Crippen LogP contribution in [0.2, 0.25) is 0 Å². The van der Waals surface area contributed by atoms with E-state index in [1.165, 1.54) is 19.3 Å². The van der Waals surface area contributed by atoms with Crippen molar-refractivity contribution >= 4 is 11.2 Å². The number of ether oxygens (including phenoxy) is 1. The van der Waals surface area contributed by atoms with Crippen LogP contribution in [-0.2, 0) is 0 Å². The molecule has 4 nitrogen and oxygen atoms in total. The van der Waals surface area contributed by atoms with Gasteiger partial charge in [-0.15, -0.1) is 0 Å². The minimum absolute atomic E-state index is 0.505. The third-order valence-corrected chi connectivity index (χ3v) is 3.33. The number of nitrogens with zero attached hydrogens (tertiary/aromatic N) is 2. The standard InChI is InChI=1S/C14H21N3O/c1-4-6-7-10(5-2)13-15-11-8-9-12(18-3)16-14(11)17-13/h8-10H,4-7H2,1-3H3,(H,15,16,17). The third-order valence-electron chi connectivity index (χ3n) is 3.33. The Balaban J connectivity index is 2.27. The van der Waals surface area contributed by atoms with Crippen LogP contribution in [0.4, 0.5) is 0 Å². The number of aromatic nitrogens is 3. The highest BCUT2D eigenvalue weighted by Gasteiger charge is 2.14. The Morgan fingerprint density at radius 3 is 2.78 bits per heavy atom. The molecule has 0 aliphatic heterocycles. The normalized spacial score (nSPS) is 12.8. The molecule has 98 valence electrons. The summed E-state index contributed by atoms with van der Waals surface area (Å²) < 4.78 is 5.12. The quantitative estimate of drug-likeness (QED) is 0.847. The lowest BCUT2D eigenvalue weighted by Gasteiger charge is -2.10. The Labute approximate surface area is 108 Å². The van der Waals surface area contributed by atoms with Crippen molar-refractivity contribution in [2.45, 2.75) is 45.4 Å². The molecular formula is C14H21N3O. The zero-order chi connectivity index (χ0) is 13.0. The largest absolute Gasteiger partial charge is 0.481 e. The molecule has 2 rings (SSSR count). The van der Waals surface area contributed by atoms with Gasteiger partial charge in [0, 0.05) is 12.0 Å². The van der Waals surface area contributed by atoms with Crippen LogP contribution >= 0.6 is 0 Å². The fourth-order valence-electron chi connectivity index (χ4n) is 2.19. The number of imidazole rings is 1. The number of pyridine rings is 1. The highest BCUT2D eigenvalue weighted by molar-refractivity contribution is 5.71. The zero-order valence-corrected chi connectivity index (χ0v) is 11.4. The summed E-state index contributed by atoms with van der Waals surface area (Å²) in [6, 6.07) is 3.83. The second kappa shape index (κ2) is 5.85. The van der Waals surface area contributed by atoms with E-state index in [2.05, 4.69) is 28.8 Å². The predicted molar refractivity (Wildman–Crippen MR) is 73.0 cm³/mol. The summed E-state index contributed by atoms with van der Waals surface area (Å²) in [4.78, 5) is 12.3. The van der Waals surface area contributed by atoms with Crippen LogP contribution in [-0.4, -0.2) is 22.1 Å². The van der Waals surface area contributed by atoms with Crippen LogP contribution in [0, 0.1) is 0 Å². The first kappa shape index (κ1) is 12.9. The van der Waals surface area contributed by atoms with Crippen LogP contribution in [0.5, 0.6) is 5.88 Å². The summed E-state index contributed by atoms with van der Waals surface area (Å²) in [5.41, 5.74) is 1.74. The van der Waals surface area contributed by atoms with E-state index in [0.29, 0.717) is 11.8 Å². The summed E-state index contributed by atoms with van der Waals surface area (Å²) in [5.74, 6) is 2.18. The van der Waals surface area contributed by atoms with Gasteiger partial charge in [-0.1, -0.05) is 26.7 Å². The molecule has 2 heterocycles. The number of rotatable bonds is 6. The lowest BCUT2D eigenvalue weighted by molar-refractivity contribution is 0.399. The average Bonchev–Trinajstić information content (AvgIpc) is 2.82. The van der Waals surface area contributed by atoms with Gasteiger partial charge in [0.2, 0.25) is 5.88 Å². The summed E-state index contributed by atoms with van der Waals surface area (Å²) in [6.45, 7) is 4.43. The first-order valence-corrected chi connectivity index (χ1v) is 6.69. The maximum Gasteiger partial charge on any atom is 0.215 e. The molecule has 1 unspecified atom stereocenters. The lowest BCUT2D eigenvalue weighted by Crippen LogP contribution is -1.99. The van der Waals surface area contributed by atoms with Gasteiger partial charge >= 0.3 is 0 Å². The van der Waals surface area contributed by atoms with Crippen molar-refractivity contribution in [1.82, 2.24) is 15.0 Å². The van der Waals surface area contributed by atoms with Gasteiger partial charge in [0.05, 0.1) is 12.6 Å². The lowest BCUT2D eigenvalue weighted by atomic mass is 9.99. The molecule has 1 N–H and O–H groups in total. The van der Waals surface area contributed by atoms with Crippen molar-refractivity contribution < 1.29 is 4.74 Å². The number of hydrogen-bond donors (Lipinski definition) is 1. The Bertz CT molecular complexity index is 507. The number of methoxy groups -OCH3 is 1. The molecule has 0 saturated carbocycles. The van der Waals surface area contributed by atoms with E-state index < -0.39 is 0 Å². The number of fused-ring (bicyclic) bond motifs is 1. The zero-order valence-electron chi connectivity index (χ0n) is 11.4. The van der Waals surface area contributed by atoms with Gasteiger partial charge in [0.25, 0.3) is 0 Å². The molecule has 2 aromatic heterocycles. The van der Waals surface area contributed by atoms with Crippen molar-refractivity contribution in [3.05, 3.63) is 18.0 Å². The molecule has 0 bridgehead atoms. The summed E-state index contributed by atoms with van der Waals surface area (Å²) >= 11 is 0. The maximum absolute atomic E-state index is 5.12. The van der Waals surface area contributed by atoms with Crippen molar-refractivity contribution in [1.29, 1.82) is 0 Å². The fraction of sp³-hybridized carbons (Fsp3) is 0.571. The van der Waals surface area contributed by atoms with Gasteiger partial charge in [-0.3, -0.25) is 0 Å². The highest BCUT2D eigenvalue weighted by Crippen LogP contribution is 2.25. The van der Waals surface area contributed by atoms with E-state index in [9.17, 15) is 0 Å². The van der Waals surface area contributed by atoms with Gasteiger partial charge in [0.1, 0.15) is 5.82 Å². The molecule has 0 saturated heterocycles. The van der Waals surface area contributed by atoms with Crippen LogP contribution < -0.4 is 4.74 Å². The van der Waals surface area contributed by atoms with Crippen molar-refractivity contribution in [3.63, 3.8) is 0 Å². The number of unbranched alkanes of at least 4 members (excludes halogenated alkanes) is 1. The maximum atomic E-state index is 5.12. The molecule has 0 aliphatic rings. The fourth-order valence-corrected chi connectivity index (χ4v) is 2.19. The smallest absolute Gasteiger partial charge is 0.215 e. The van der Waals surface area contributed by atoms with Gasteiger partial charge in [-0.05, 0) is 18.9 Å². The Morgan fingerprint density at radius 1 is 1.28 bits per heavy atom. The van der Waals surface area contributed by atoms with Crippen molar-refractivity contribution in [3.8, 4) is 5.88 Å². The van der Waals surface area contributed by atoms with Gasteiger partial charge < -0.3 is 9.72 Å². The van der Waals surface area contributed by atoms with E-state index in [-0.39, 0.29) is 0 Å². The van der Waals surface area contributed by atoms with Crippen molar-refractivity contribution in [2.75, 3.05) is 7.11 Å². The van der Waals surface area contributed by atoms with Gasteiger partial charge in [-0.25, -0.2) is 4.98 Å². The minimum atomic E-state index is 0.505. The van der Waals surface area contributed by atoms with Gasteiger partial charge in [0.15, 0.2) is 5.65 Å². The Morgan fingerprint density at radius 2 is 2.11 bits per heavy atom. The molecule has 18 heavy (non-hydrogen) atoms. The molecule has 4 heteroatoms. The van der Waals surface area contributed by atoms with Gasteiger partial charge in [-0.2, -0.15) is 4.98 Å². The first-order chi connectivity index (χ1) is 8.78. The molecular weight excluding hydrogens is 226 g/mol.